The predicted molar refractivity (Wildman–Crippen MR) is 115 cm³/mol. The standard InChI is InChI=1S/C20H24N4O3S2/c1-13-18(29-20(21-13)24-7-9-27-10-8-24)19(26)23-22-17(25)12-28-16-6-5-14-3-2-4-15(14)11-16/h5-6,11H,2-4,7-10,12H2,1H3,(H,22,25)(H,23,26). The molecular weight excluding hydrogens is 408 g/mol. The van der Waals surface area contributed by atoms with Crippen LogP contribution >= 0.6 is 23.1 Å². The number of aromatic nitrogens is 1. The SMILES string of the molecule is Cc1nc(N2CCOCC2)sc1C(=O)NNC(=O)CSc1ccc2c(c1)CCC2. The number of carbonyl (C=O) groups excluding carboxylic acids is 2. The van der Waals surface area contributed by atoms with Gasteiger partial charge in [-0.2, -0.15) is 0 Å². The van der Waals surface area contributed by atoms with Gasteiger partial charge >= 0.3 is 0 Å². The maximum Gasteiger partial charge on any atom is 0.281 e. The summed E-state index contributed by atoms with van der Waals surface area (Å²) < 4.78 is 5.35. The number of thiazole rings is 1. The Balaban J connectivity index is 1.27. The maximum absolute atomic E-state index is 12.5. The lowest BCUT2D eigenvalue weighted by molar-refractivity contribution is -0.119. The second-order valence-electron chi connectivity index (χ2n) is 7.09. The summed E-state index contributed by atoms with van der Waals surface area (Å²) in [5, 5.41) is 0.814. The lowest BCUT2D eigenvalue weighted by Gasteiger charge is -2.25. The number of amides is 2. The van der Waals surface area contributed by atoms with Crippen molar-refractivity contribution in [2.75, 3.05) is 37.0 Å². The van der Waals surface area contributed by atoms with Crippen molar-refractivity contribution in [1.29, 1.82) is 0 Å². The van der Waals surface area contributed by atoms with Crippen LogP contribution in [-0.2, 0) is 22.4 Å². The molecule has 4 rings (SSSR count). The van der Waals surface area contributed by atoms with Crippen LogP contribution in [0.1, 0.15) is 32.9 Å². The van der Waals surface area contributed by atoms with Gasteiger partial charge in [0.1, 0.15) is 4.88 Å². The van der Waals surface area contributed by atoms with Gasteiger partial charge in [0, 0.05) is 18.0 Å². The van der Waals surface area contributed by atoms with Crippen molar-refractivity contribution in [3.63, 3.8) is 0 Å². The van der Waals surface area contributed by atoms with Crippen LogP contribution in [0.4, 0.5) is 5.13 Å². The van der Waals surface area contributed by atoms with Crippen LogP contribution in [0.15, 0.2) is 23.1 Å². The first kappa shape index (κ1) is 20.2. The Morgan fingerprint density at radius 3 is 2.83 bits per heavy atom. The molecule has 0 unspecified atom stereocenters. The quantitative estimate of drug-likeness (QED) is 0.557. The van der Waals surface area contributed by atoms with E-state index in [0.29, 0.717) is 23.8 Å². The number of rotatable bonds is 5. The van der Waals surface area contributed by atoms with Gasteiger partial charge < -0.3 is 9.64 Å². The van der Waals surface area contributed by atoms with E-state index in [2.05, 4.69) is 38.9 Å². The minimum absolute atomic E-state index is 0.237. The highest BCUT2D eigenvalue weighted by Crippen LogP contribution is 2.28. The molecule has 7 nitrogen and oxygen atoms in total. The predicted octanol–water partition coefficient (Wildman–Crippen LogP) is 2.33. The molecule has 0 spiro atoms. The van der Waals surface area contributed by atoms with Crippen LogP contribution in [0, 0.1) is 6.92 Å². The Kier molecular flexibility index (Phi) is 6.37. The molecule has 1 fully saturated rings. The van der Waals surface area contributed by atoms with Gasteiger partial charge in [-0.05, 0) is 49.4 Å². The molecule has 1 aromatic heterocycles. The number of hydrogen-bond donors (Lipinski definition) is 2. The molecule has 2 aliphatic rings. The van der Waals surface area contributed by atoms with E-state index >= 15 is 0 Å². The first-order chi connectivity index (χ1) is 14.1. The molecule has 1 saturated heterocycles. The highest BCUT2D eigenvalue weighted by Gasteiger charge is 2.21. The molecular formula is C20H24N4O3S2. The lowest BCUT2D eigenvalue weighted by Crippen LogP contribution is -2.42. The zero-order valence-electron chi connectivity index (χ0n) is 16.3. The van der Waals surface area contributed by atoms with Gasteiger partial charge in [-0.3, -0.25) is 20.4 Å². The largest absolute Gasteiger partial charge is 0.378 e. The number of nitrogens with one attached hydrogen (secondary N) is 2. The molecule has 0 atom stereocenters. The molecule has 1 aliphatic heterocycles. The first-order valence-electron chi connectivity index (χ1n) is 9.74. The minimum atomic E-state index is -0.338. The smallest absolute Gasteiger partial charge is 0.281 e. The third-order valence-corrected chi connectivity index (χ3v) is 7.24. The fraction of sp³-hybridized carbons (Fsp3) is 0.450. The Morgan fingerprint density at radius 2 is 2.00 bits per heavy atom. The Bertz CT molecular complexity index is 909. The highest BCUT2D eigenvalue weighted by atomic mass is 32.2. The lowest BCUT2D eigenvalue weighted by atomic mass is 10.1. The van der Waals surface area contributed by atoms with Gasteiger partial charge in [0.2, 0.25) is 5.91 Å². The van der Waals surface area contributed by atoms with E-state index in [1.54, 1.807) is 6.92 Å². The third kappa shape index (κ3) is 4.91. The monoisotopic (exact) mass is 432 g/mol. The molecule has 0 radical (unpaired) electrons. The number of carbonyl (C=O) groups is 2. The summed E-state index contributed by atoms with van der Waals surface area (Å²) in [4.78, 5) is 32.8. The topological polar surface area (TPSA) is 83.6 Å². The van der Waals surface area contributed by atoms with Crippen LogP contribution in [0.3, 0.4) is 0 Å². The molecule has 154 valence electrons. The van der Waals surface area contributed by atoms with Crippen molar-refractivity contribution >= 4 is 40.0 Å². The van der Waals surface area contributed by atoms with E-state index in [1.807, 2.05) is 0 Å². The molecule has 1 aliphatic carbocycles. The summed E-state index contributed by atoms with van der Waals surface area (Å²) in [6.45, 7) is 4.67. The first-order valence-corrected chi connectivity index (χ1v) is 11.5. The molecule has 1 aromatic carbocycles. The molecule has 2 heterocycles. The summed E-state index contributed by atoms with van der Waals surface area (Å²) in [7, 11) is 0. The summed E-state index contributed by atoms with van der Waals surface area (Å²) in [6.07, 6.45) is 3.48. The van der Waals surface area contributed by atoms with Crippen molar-refractivity contribution in [3.05, 3.63) is 39.9 Å². The van der Waals surface area contributed by atoms with Crippen LogP contribution in [0.5, 0.6) is 0 Å². The molecule has 9 heteroatoms. The molecule has 2 aromatic rings. The van der Waals surface area contributed by atoms with E-state index < -0.39 is 0 Å². The van der Waals surface area contributed by atoms with E-state index in [1.165, 1.54) is 40.6 Å². The number of hydrogen-bond acceptors (Lipinski definition) is 7. The summed E-state index contributed by atoms with van der Waals surface area (Å²) in [5.74, 6) is -0.324. The zero-order valence-corrected chi connectivity index (χ0v) is 18.0. The van der Waals surface area contributed by atoms with Crippen molar-refractivity contribution in [1.82, 2.24) is 15.8 Å². The number of ether oxygens (including phenoxy) is 1. The summed E-state index contributed by atoms with van der Waals surface area (Å²) >= 11 is 2.81. The molecule has 2 N–H and O–H groups in total. The Labute approximate surface area is 178 Å². The number of fused-ring (bicyclic) bond motifs is 1. The summed E-state index contributed by atoms with van der Waals surface area (Å²) in [6, 6.07) is 6.39. The van der Waals surface area contributed by atoms with Gasteiger partial charge in [0.15, 0.2) is 5.13 Å². The van der Waals surface area contributed by atoms with Gasteiger partial charge in [0.05, 0.1) is 24.7 Å². The van der Waals surface area contributed by atoms with E-state index in [-0.39, 0.29) is 17.6 Å². The average molecular weight is 433 g/mol. The number of morpholine rings is 1. The van der Waals surface area contributed by atoms with Gasteiger partial charge in [-0.1, -0.05) is 17.4 Å². The van der Waals surface area contributed by atoms with E-state index in [0.717, 1.165) is 36.0 Å². The average Bonchev–Trinajstić information content (AvgIpc) is 3.37. The second-order valence-corrected chi connectivity index (χ2v) is 9.11. The van der Waals surface area contributed by atoms with Crippen molar-refractivity contribution < 1.29 is 14.3 Å². The van der Waals surface area contributed by atoms with Crippen LogP contribution in [0.2, 0.25) is 0 Å². The molecule has 0 bridgehead atoms. The number of hydrazine groups is 1. The van der Waals surface area contributed by atoms with Crippen molar-refractivity contribution in [2.45, 2.75) is 31.1 Å². The van der Waals surface area contributed by atoms with Crippen LogP contribution < -0.4 is 15.8 Å². The van der Waals surface area contributed by atoms with Gasteiger partial charge in [-0.25, -0.2) is 4.98 Å². The van der Waals surface area contributed by atoms with E-state index in [9.17, 15) is 9.59 Å². The maximum atomic E-state index is 12.5. The minimum Gasteiger partial charge on any atom is -0.378 e. The molecule has 0 saturated carbocycles. The number of anilines is 1. The van der Waals surface area contributed by atoms with Crippen LogP contribution in [-0.4, -0.2) is 48.9 Å². The molecule has 2 amide bonds. The van der Waals surface area contributed by atoms with E-state index in [4.69, 9.17) is 4.74 Å². The molecule has 29 heavy (non-hydrogen) atoms. The number of thioether (sulfide) groups is 1. The highest BCUT2D eigenvalue weighted by molar-refractivity contribution is 8.00. The van der Waals surface area contributed by atoms with Crippen molar-refractivity contribution in [3.8, 4) is 0 Å². The van der Waals surface area contributed by atoms with Gasteiger partial charge in [-0.15, -0.1) is 11.8 Å². The second kappa shape index (κ2) is 9.15. The Hall–Kier alpha value is -2.10. The van der Waals surface area contributed by atoms with Gasteiger partial charge in [0.25, 0.3) is 5.91 Å². The fourth-order valence-corrected chi connectivity index (χ4v) is 5.26. The zero-order chi connectivity index (χ0) is 20.2. The van der Waals surface area contributed by atoms with Crippen molar-refractivity contribution in [2.24, 2.45) is 0 Å². The normalized spacial score (nSPS) is 15.8. The number of aryl methyl sites for hydroxylation is 3. The number of nitrogens with zero attached hydrogens (tertiary/aromatic N) is 2. The fourth-order valence-electron chi connectivity index (χ4n) is 3.49. The number of benzene rings is 1. The van der Waals surface area contributed by atoms with Crippen LogP contribution in [0.25, 0.3) is 0 Å². The Morgan fingerprint density at radius 1 is 1.21 bits per heavy atom. The third-order valence-electron chi connectivity index (χ3n) is 5.03. The summed E-state index contributed by atoms with van der Waals surface area (Å²) in [5.41, 5.74) is 8.49.